The van der Waals surface area contributed by atoms with Crippen molar-refractivity contribution in [3.05, 3.63) is 0 Å². The molecule has 0 amide bonds. The molecule has 0 aromatic rings. The zero-order chi connectivity index (χ0) is 11.2. The van der Waals surface area contributed by atoms with Crippen LogP contribution in [0.2, 0.25) is 0 Å². The van der Waals surface area contributed by atoms with Gasteiger partial charge >= 0.3 is 0 Å². The molecule has 14 heavy (non-hydrogen) atoms. The van der Waals surface area contributed by atoms with Gasteiger partial charge in [-0.3, -0.25) is 0 Å². The molecule has 3 nitrogen and oxygen atoms in total. The van der Waals surface area contributed by atoms with E-state index >= 15 is 0 Å². The Kier molecular flexibility index (Phi) is 6.33. The van der Waals surface area contributed by atoms with E-state index in [0.29, 0.717) is 6.10 Å². The van der Waals surface area contributed by atoms with E-state index < -0.39 is 5.60 Å². The van der Waals surface area contributed by atoms with Crippen LogP contribution in [0.4, 0.5) is 0 Å². The second kappa shape index (κ2) is 6.38. The van der Waals surface area contributed by atoms with Gasteiger partial charge in [0.1, 0.15) is 0 Å². The standard InChI is InChI=1S/C11H25NO2/c1-10(2)14-9-8-12(5)7-6-11(3,4)13/h10,13H,6-9H2,1-5H3. The lowest BCUT2D eigenvalue weighted by Crippen LogP contribution is -2.30. The average Bonchev–Trinajstić information content (AvgIpc) is 1.99. The summed E-state index contributed by atoms with van der Waals surface area (Å²) < 4.78 is 5.44. The highest BCUT2D eigenvalue weighted by Gasteiger charge is 2.12. The van der Waals surface area contributed by atoms with Gasteiger partial charge in [0.05, 0.1) is 18.3 Å². The summed E-state index contributed by atoms with van der Waals surface area (Å²) in [6.45, 7) is 10.4. The highest BCUT2D eigenvalue weighted by atomic mass is 16.5. The molecule has 0 radical (unpaired) electrons. The largest absolute Gasteiger partial charge is 0.390 e. The fourth-order valence-corrected chi connectivity index (χ4v) is 1.02. The van der Waals surface area contributed by atoms with Crippen LogP contribution in [0.5, 0.6) is 0 Å². The Morgan fingerprint density at radius 3 is 2.29 bits per heavy atom. The van der Waals surface area contributed by atoms with Crippen molar-refractivity contribution in [1.82, 2.24) is 4.90 Å². The van der Waals surface area contributed by atoms with E-state index in [2.05, 4.69) is 11.9 Å². The van der Waals surface area contributed by atoms with E-state index in [1.807, 2.05) is 27.7 Å². The minimum absolute atomic E-state index is 0.303. The molecule has 0 heterocycles. The van der Waals surface area contributed by atoms with Crippen LogP contribution >= 0.6 is 0 Å². The molecule has 0 aromatic heterocycles. The molecule has 0 spiro atoms. The minimum atomic E-state index is -0.562. The van der Waals surface area contributed by atoms with Crippen molar-refractivity contribution in [3.63, 3.8) is 0 Å². The van der Waals surface area contributed by atoms with Gasteiger partial charge < -0.3 is 14.7 Å². The van der Waals surface area contributed by atoms with Gasteiger partial charge in [-0.2, -0.15) is 0 Å². The summed E-state index contributed by atoms with van der Waals surface area (Å²) >= 11 is 0. The van der Waals surface area contributed by atoms with Crippen molar-refractivity contribution in [3.8, 4) is 0 Å². The third-order valence-corrected chi connectivity index (χ3v) is 2.03. The van der Waals surface area contributed by atoms with Crippen LogP contribution in [0.25, 0.3) is 0 Å². The predicted molar refractivity (Wildman–Crippen MR) is 59.5 cm³/mol. The molecule has 0 aliphatic rings. The number of hydrogen-bond acceptors (Lipinski definition) is 3. The van der Waals surface area contributed by atoms with Crippen LogP contribution in [-0.2, 0) is 4.74 Å². The average molecular weight is 203 g/mol. The monoisotopic (exact) mass is 203 g/mol. The van der Waals surface area contributed by atoms with E-state index in [-0.39, 0.29) is 0 Å². The Labute approximate surface area is 88.1 Å². The number of likely N-dealkylation sites (N-methyl/N-ethyl adjacent to an activating group) is 1. The van der Waals surface area contributed by atoms with Crippen LogP contribution < -0.4 is 0 Å². The molecule has 0 fully saturated rings. The summed E-state index contributed by atoms with van der Waals surface area (Å²) in [6.07, 6.45) is 1.10. The van der Waals surface area contributed by atoms with Gasteiger partial charge in [-0.1, -0.05) is 0 Å². The molecule has 0 saturated carbocycles. The summed E-state index contributed by atoms with van der Waals surface area (Å²) in [4.78, 5) is 2.18. The fraction of sp³-hybridized carbons (Fsp3) is 1.00. The first kappa shape index (κ1) is 13.9. The maximum atomic E-state index is 9.52. The second-order valence-corrected chi connectivity index (χ2v) is 4.79. The van der Waals surface area contributed by atoms with Crippen molar-refractivity contribution in [2.75, 3.05) is 26.7 Å². The Hall–Kier alpha value is -0.120. The molecule has 86 valence electrons. The number of nitrogens with zero attached hydrogens (tertiary/aromatic N) is 1. The fourth-order valence-electron chi connectivity index (χ4n) is 1.02. The molecule has 0 aliphatic heterocycles. The minimum Gasteiger partial charge on any atom is -0.390 e. The molecule has 0 atom stereocenters. The first-order valence-corrected chi connectivity index (χ1v) is 5.34. The van der Waals surface area contributed by atoms with Crippen LogP contribution in [0, 0.1) is 0 Å². The van der Waals surface area contributed by atoms with Crippen LogP contribution in [0.3, 0.4) is 0 Å². The van der Waals surface area contributed by atoms with E-state index in [1.54, 1.807) is 0 Å². The van der Waals surface area contributed by atoms with Crippen molar-refractivity contribution >= 4 is 0 Å². The molecule has 3 heteroatoms. The highest BCUT2D eigenvalue weighted by molar-refractivity contribution is 4.67. The van der Waals surface area contributed by atoms with Gasteiger partial charge in [0.25, 0.3) is 0 Å². The van der Waals surface area contributed by atoms with Gasteiger partial charge in [-0.15, -0.1) is 0 Å². The van der Waals surface area contributed by atoms with E-state index in [0.717, 1.165) is 26.1 Å². The number of ether oxygens (including phenoxy) is 1. The summed E-state index contributed by atoms with van der Waals surface area (Å²) in [5.74, 6) is 0. The van der Waals surface area contributed by atoms with Gasteiger partial charge in [0.2, 0.25) is 0 Å². The first-order chi connectivity index (χ1) is 6.31. The molecule has 0 rings (SSSR count). The lowest BCUT2D eigenvalue weighted by Gasteiger charge is -2.22. The van der Waals surface area contributed by atoms with E-state index in [1.165, 1.54) is 0 Å². The van der Waals surface area contributed by atoms with Gasteiger partial charge in [0, 0.05) is 13.1 Å². The molecule has 0 aromatic carbocycles. The lowest BCUT2D eigenvalue weighted by atomic mass is 10.1. The SMILES string of the molecule is CC(C)OCCN(C)CCC(C)(C)O. The Morgan fingerprint density at radius 1 is 1.29 bits per heavy atom. The Balaban J connectivity index is 3.42. The normalized spacial score (nSPS) is 12.9. The van der Waals surface area contributed by atoms with Crippen LogP contribution in [-0.4, -0.2) is 48.5 Å². The van der Waals surface area contributed by atoms with Gasteiger partial charge in [0.15, 0.2) is 0 Å². The van der Waals surface area contributed by atoms with Crippen LogP contribution in [0.1, 0.15) is 34.1 Å². The smallest absolute Gasteiger partial charge is 0.0603 e. The zero-order valence-electron chi connectivity index (χ0n) is 10.2. The van der Waals surface area contributed by atoms with Gasteiger partial charge in [-0.25, -0.2) is 0 Å². The summed E-state index contributed by atoms with van der Waals surface area (Å²) in [7, 11) is 2.05. The molecular weight excluding hydrogens is 178 g/mol. The van der Waals surface area contributed by atoms with Crippen LogP contribution in [0.15, 0.2) is 0 Å². The third-order valence-electron chi connectivity index (χ3n) is 2.03. The van der Waals surface area contributed by atoms with Crippen molar-refractivity contribution in [1.29, 1.82) is 0 Å². The summed E-state index contributed by atoms with van der Waals surface area (Å²) in [5.41, 5.74) is -0.562. The maximum absolute atomic E-state index is 9.52. The lowest BCUT2D eigenvalue weighted by molar-refractivity contribution is 0.0434. The highest BCUT2D eigenvalue weighted by Crippen LogP contribution is 2.07. The van der Waals surface area contributed by atoms with Crippen molar-refractivity contribution in [2.45, 2.75) is 45.8 Å². The van der Waals surface area contributed by atoms with E-state index in [4.69, 9.17) is 4.74 Å². The molecule has 1 N–H and O–H groups in total. The number of aliphatic hydroxyl groups is 1. The number of rotatable bonds is 7. The third kappa shape index (κ3) is 9.96. The Bertz CT molecular complexity index is 141. The van der Waals surface area contributed by atoms with Crippen molar-refractivity contribution in [2.24, 2.45) is 0 Å². The van der Waals surface area contributed by atoms with Gasteiger partial charge in [-0.05, 0) is 41.2 Å². The molecular formula is C11H25NO2. The molecule has 0 aliphatic carbocycles. The molecule has 0 bridgehead atoms. The molecule has 0 saturated heterocycles. The summed E-state index contributed by atoms with van der Waals surface area (Å²) in [6, 6.07) is 0. The van der Waals surface area contributed by atoms with E-state index in [9.17, 15) is 5.11 Å². The van der Waals surface area contributed by atoms with Crippen molar-refractivity contribution < 1.29 is 9.84 Å². The first-order valence-electron chi connectivity index (χ1n) is 5.34. The quantitative estimate of drug-likeness (QED) is 0.680. The second-order valence-electron chi connectivity index (χ2n) is 4.79. The topological polar surface area (TPSA) is 32.7 Å². The molecule has 0 unspecified atom stereocenters. The Morgan fingerprint density at radius 2 is 1.86 bits per heavy atom. The maximum Gasteiger partial charge on any atom is 0.0603 e. The number of hydrogen-bond donors (Lipinski definition) is 1. The predicted octanol–water partition coefficient (Wildman–Crippen LogP) is 1.50. The summed E-state index contributed by atoms with van der Waals surface area (Å²) in [5, 5.41) is 9.52. The zero-order valence-corrected chi connectivity index (χ0v) is 10.2.